The number of aliphatic hydroxyl groups is 1. The zero-order valence-electron chi connectivity index (χ0n) is 24.8. The summed E-state index contributed by atoms with van der Waals surface area (Å²) in [7, 11) is 1.36. The lowest BCUT2D eigenvalue weighted by atomic mass is 10.00. The number of nitrogens with one attached hydrogen (secondary N) is 1. The van der Waals surface area contributed by atoms with E-state index in [0.29, 0.717) is 35.9 Å². The number of hydrogen-bond acceptors (Lipinski definition) is 8. The second-order valence-corrected chi connectivity index (χ2v) is 11.4. The zero-order chi connectivity index (χ0) is 30.0. The summed E-state index contributed by atoms with van der Waals surface area (Å²) < 4.78 is 16.4. The smallest absolute Gasteiger partial charge is 0.341 e. The van der Waals surface area contributed by atoms with Gasteiger partial charge in [0.15, 0.2) is 0 Å². The Bertz CT molecular complexity index is 1270. The van der Waals surface area contributed by atoms with E-state index in [-0.39, 0.29) is 0 Å². The van der Waals surface area contributed by atoms with Crippen LogP contribution in [0.3, 0.4) is 0 Å². The van der Waals surface area contributed by atoms with Crippen molar-refractivity contribution in [1.82, 2.24) is 10.3 Å². The number of methoxy groups -OCH3 is 1. The van der Waals surface area contributed by atoms with Gasteiger partial charge >= 0.3 is 11.9 Å². The van der Waals surface area contributed by atoms with Gasteiger partial charge in [0.2, 0.25) is 0 Å². The van der Waals surface area contributed by atoms with Gasteiger partial charge in [0.05, 0.1) is 13.7 Å². The standard InChI is InChI=1S/C33H42N2O6/c1-22(2)21-40-28-19-25(15-16-27(28)31(37)39-6)24-13-11-23(12-14-24)9-7-18-35-29(32(38)41-33(3,4)5)30(36)26-10-8-17-34-20-26/h8,10-17,19-20,22,29-30,35-36H,7,9,18,21H2,1-6H3/t29?,30-/m1/s1. The Morgan fingerprint density at radius 3 is 2.34 bits per heavy atom. The van der Waals surface area contributed by atoms with Crippen LogP contribution in [0.4, 0.5) is 0 Å². The first-order valence-electron chi connectivity index (χ1n) is 14.0. The Hall–Kier alpha value is -3.75. The molecule has 0 fully saturated rings. The third-order valence-corrected chi connectivity index (χ3v) is 6.26. The molecule has 2 N–H and O–H groups in total. The van der Waals surface area contributed by atoms with Gasteiger partial charge in [0, 0.05) is 18.0 Å². The molecule has 3 rings (SSSR count). The minimum Gasteiger partial charge on any atom is -0.492 e. The van der Waals surface area contributed by atoms with Crippen LogP contribution in [0.25, 0.3) is 11.1 Å². The molecular weight excluding hydrogens is 520 g/mol. The van der Waals surface area contributed by atoms with Crippen molar-refractivity contribution in [2.75, 3.05) is 20.3 Å². The summed E-state index contributed by atoms with van der Waals surface area (Å²) in [6, 6.07) is 16.2. The van der Waals surface area contributed by atoms with Crippen LogP contribution < -0.4 is 10.1 Å². The van der Waals surface area contributed by atoms with E-state index in [2.05, 4.69) is 36.3 Å². The van der Waals surface area contributed by atoms with E-state index in [1.54, 1.807) is 51.4 Å². The molecule has 0 amide bonds. The van der Waals surface area contributed by atoms with E-state index < -0.39 is 29.7 Å². The maximum atomic E-state index is 12.9. The molecule has 0 aliphatic carbocycles. The Balaban J connectivity index is 1.64. The number of rotatable bonds is 13. The molecule has 8 nitrogen and oxygen atoms in total. The summed E-state index contributed by atoms with van der Waals surface area (Å²) in [5, 5.41) is 14.1. The number of nitrogens with zero attached hydrogens (tertiary/aromatic N) is 1. The molecule has 1 aromatic heterocycles. The third-order valence-electron chi connectivity index (χ3n) is 6.26. The summed E-state index contributed by atoms with van der Waals surface area (Å²) in [5.41, 5.74) is 3.35. The largest absolute Gasteiger partial charge is 0.492 e. The van der Waals surface area contributed by atoms with Crippen molar-refractivity contribution in [1.29, 1.82) is 0 Å². The highest BCUT2D eigenvalue weighted by atomic mass is 16.6. The number of carbonyl (C=O) groups is 2. The summed E-state index contributed by atoms with van der Waals surface area (Å²) in [6.45, 7) is 10.5. The molecule has 2 atom stereocenters. The Morgan fingerprint density at radius 2 is 1.73 bits per heavy atom. The molecule has 8 heteroatoms. The van der Waals surface area contributed by atoms with Crippen molar-refractivity contribution in [2.45, 2.75) is 65.2 Å². The number of ether oxygens (including phenoxy) is 3. The number of aliphatic hydroxyl groups excluding tert-OH is 1. The first kappa shape index (κ1) is 31.8. The number of pyridine rings is 1. The van der Waals surface area contributed by atoms with Crippen molar-refractivity contribution in [2.24, 2.45) is 5.92 Å². The summed E-state index contributed by atoms with van der Waals surface area (Å²) in [5.74, 6) is -0.114. The number of aryl methyl sites for hydroxylation is 1. The number of aromatic nitrogens is 1. The highest BCUT2D eigenvalue weighted by Crippen LogP contribution is 2.29. The minimum atomic E-state index is -1.09. The van der Waals surface area contributed by atoms with Gasteiger partial charge in [0.1, 0.15) is 29.1 Å². The first-order chi connectivity index (χ1) is 19.5. The quantitative estimate of drug-likeness (QED) is 0.207. The van der Waals surface area contributed by atoms with Crippen LogP contribution in [0.5, 0.6) is 5.75 Å². The van der Waals surface area contributed by atoms with Gasteiger partial charge in [-0.3, -0.25) is 9.78 Å². The molecular formula is C33H42N2O6. The fourth-order valence-electron chi connectivity index (χ4n) is 4.20. The number of benzene rings is 2. The predicted molar refractivity (Wildman–Crippen MR) is 159 cm³/mol. The van der Waals surface area contributed by atoms with E-state index in [0.717, 1.165) is 29.5 Å². The molecule has 0 spiro atoms. The molecule has 0 aliphatic heterocycles. The van der Waals surface area contributed by atoms with E-state index >= 15 is 0 Å². The second kappa shape index (κ2) is 14.8. The molecule has 0 aliphatic rings. The van der Waals surface area contributed by atoms with Gasteiger partial charge in [-0.15, -0.1) is 0 Å². The SMILES string of the molecule is COC(=O)c1ccc(-c2ccc(CCCNC(C(=O)OC(C)(C)C)[C@H](O)c3cccnc3)cc2)cc1OCC(C)C. The Morgan fingerprint density at radius 1 is 1.02 bits per heavy atom. The molecule has 2 aromatic carbocycles. The summed E-state index contributed by atoms with van der Waals surface area (Å²) >= 11 is 0. The summed E-state index contributed by atoms with van der Waals surface area (Å²) in [4.78, 5) is 29.1. The number of esters is 2. The fourth-order valence-corrected chi connectivity index (χ4v) is 4.20. The minimum absolute atomic E-state index is 0.316. The van der Waals surface area contributed by atoms with E-state index in [1.165, 1.54) is 7.11 Å². The maximum absolute atomic E-state index is 12.9. The average Bonchev–Trinajstić information content (AvgIpc) is 2.95. The average molecular weight is 563 g/mol. The number of carbonyl (C=O) groups excluding carboxylic acids is 2. The van der Waals surface area contributed by atoms with Gasteiger partial charge in [-0.2, -0.15) is 0 Å². The number of hydrogen-bond donors (Lipinski definition) is 2. The van der Waals surface area contributed by atoms with Crippen molar-refractivity contribution < 1.29 is 28.9 Å². The molecule has 0 radical (unpaired) electrons. The first-order valence-corrected chi connectivity index (χ1v) is 14.0. The molecule has 3 aromatic rings. The van der Waals surface area contributed by atoms with E-state index in [4.69, 9.17) is 14.2 Å². The van der Waals surface area contributed by atoms with Crippen LogP contribution >= 0.6 is 0 Å². The van der Waals surface area contributed by atoms with Gasteiger partial charge in [0.25, 0.3) is 0 Å². The lowest BCUT2D eigenvalue weighted by Crippen LogP contribution is -2.45. The highest BCUT2D eigenvalue weighted by Gasteiger charge is 2.32. The molecule has 41 heavy (non-hydrogen) atoms. The third kappa shape index (κ3) is 9.69. The van der Waals surface area contributed by atoms with Crippen LogP contribution in [-0.4, -0.2) is 53.9 Å². The highest BCUT2D eigenvalue weighted by molar-refractivity contribution is 5.93. The van der Waals surface area contributed by atoms with E-state index in [1.807, 2.05) is 24.3 Å². The van der Waals surface area contributed by atoms with Gasteiger partial charge in [-0.25, -0.2) is 4.79 Å². The van der Waals surface area contributed by atoms with Crippen molar-refractivity contribution in [3.8, 4) is 16.9 Å². The van der Waals surface area contributed by atoms with Gasteiger partial charge in [-0.1, -0.05) is 50.2 Å². The molecule has 1 heterocycles. The molecule has 220 valence electrons. The molecule has 0 saturated carbocycles. The van der Waals surface area contributed by atoms with Crippen LogP contribution in [0.2, 0.25) is 0 Å². The lowest BCUT2D eigenvalue weighted by molar-refractivity contribution is -0.160. The van der Waals surface area contributed by atoms with Crippen molar-refractivity contribution in [3.05, 3.63) is 83.7 Å². The van der Waals surface area contributed by atoms with Crippen LogP contribution in [0.15, 0.2) is 67.0 Å². The second-order valence-electron chi connectivity index (χ2n) is 11.4. The fraction of sp³-hybridized carbons (Fsp3) is 0.424. The van der Waals surface area contributed by atoms with Crippen LogP contribution in [-0.2, 0) is 20.7 Å². The zero-order valence-corrected chi connectivity index (χ0v) is 24.8. The molecule has 0 bridgehead atoms. The van der Waals surface area contributed by atoms with E-state index in [9.17, 15) is 14.7 Å². The van der Waals surface area contributed by atoms with Crippen molar-refractivity contribution >= 4 is 11.9 Å². The molecule has 0 saturated heterocycles. The normalized spacial score (nSPS) is 13.0. The molecule has 1 unspecified atom stereocenters. The maximum Gasteiger partial charge on any atom is 0.341 e. The monoisotopic (exact) mass is 562 g/mol. The summed E-state index contributed by atoms with van der Waals surface area (Å²) in [6.07, 6.45) is 3.61. The predicted octanol–water partition coefficient (Wildman–Crippen LogP) is 5.54. The van der Waals surface area contributed by atoms with Gasteiger partial charge in [-0.05, 0) is 81.0 Å². The Labute approximate surface area is 243 Å². The van der Waals surface area contributed by atoms with Crippen molar-refractivity contribution in [3.63, 3.8) is 0 Å². The van der Waals surface area contributed by atoms with Crippen LogP contribution in [0.1, 0.15) is 68.6 Å². The lowest BCUT2D eigenvalue weighted by Gasteiger charge is -2.27. The van der Waals surface area contributed by atoms with Gasteiger partial charge < -0.3 is 24.6 Å². The Kier molecular flexibility index (Phi) is 11.4. The van der Waals surface area contributed by atoms with Crippen LogP contribution in [0, 0.1) is 5.92 Å². The topological polar surface area (TPSA) is 107 Å².